The lowest BCUT2D eigenvalue weighted by Gasteiger charge is -1.93. The second-order valence-corrected chi connectivity index (χ2v) is 4.20. The highest BCUT2D eigenvalue weighted by molar-refractivity contribution is 7.14. The second-order valence-electron chi connectivity index (χ2n) is 3.35. The van der Waals surface area contributed by atoms with Gasteiger partial charge in [-0.2, -0.15) is 4.40 Å². The van der Waals surface area contributed by atoms with Gasteiger partial charge in [0.1, 0.15) is 11.6 Å². The van der Waals surface area contributed by atoms with E-state index in [2.05, 4.69) is 9.97 Å². The minimum absolute atomic E-state index is 0.0834. The lowest BCUT2D eigenvalue weighted by atomic mass is 10.3. The summed E-state index contributed by atoms with van der Waals surface area (Å²) in [4.78, 5) is 19.6. The molecule has 74 valence electrons. The number of nitrogens with one attached hydrogen (secondary N) is 1. The van der Waals surface area contributed by atoms with Crippen molar-refractivity contribution in [1.82, 2.24) is 9.97 Å². The molecule has 3 aromatic heterocycles. The first-order chi connectivity index (χ1) is 7.27. The Morgan fingerprint density at radius 3 is 3.27 bits per heavy atom. The van der Waals surface area contributed by atoms with Crippen LogP contribution in [0.3, 0.4) is 0 Å². The summed E-state index contributed by atoms with van der Waals surface area (Å²) in [6, 6.07) is 3.55. The van der Waals surface area contributed by atoms with Crippen LogP contribution in [0.4, 0.5) is 0 Å². The molecule has 0 aliphatic carbocycles. The van der Waals surface area contributed by atoms with E-state index in [1.54, 1.807) is 18.3 Å². The molecule has 3 heterocycles. The highest BCUT2D eigenvalue weighted by atomic mass is 32.1. The molecule has 15 heavy (non-hydrogen) atoms. The molecular weight excluding hydrogens is 210 g/mol. The van der Waals surface area contributed by atoms with E-state index >= 15 is 0 Å². The van der Waals surface area contributed by atoms with Crippen LogP contribution in [0.25, 0.3) is 16.0 Å². The lowest BCUT2D eigenvalue weighted by molar-refractivity contribution is -0.490. The van der Waals surface area contributed by atoms with Crippen LogP contribution in [-0.4, -0.2) is 9.97 Å². The Morgan fingerprint density at radius 2 is 2.40 bits per heavy atom. The van der Waals surface area contributed by atoms with Gasteiger partial charge < -0.3 is 0 Å². The Hall–Kier alpha value is -1.75. The molecule has 3 rings (SSSR count). The fourth-order valence-electron chi connectivity index (χ4n) is 1.67. The van der Waals surface area contributed by atoms with Crippen LogP contribution in [0.1, 0.15) is 5.69 Å². The van der Waals surface area contributed by atoms with Crippen molar-refractivity contribution in [3.05, 3.63) is 39.8 Å². The van der Waals surface area contributed by atoms with Crippen LogP contribution < -0.4 is 9.96 Å². The standard InChI is InChI=1S/C10H7N3OS/c1-6-5-15-10-12-9(14)7-3-2-4-11-8(7)13(6)10/h2-5H,1H3/p+1. The molecule has 0 fully saturated rings. The molecular formula is C10H8N3OS+. The van der Waals surface area contributed by atoms with Gasteiger partial charge in [0.25, 0.3) is 10.6 Å². The molecule has 1 N–H and O–H groups in total. The third-order valence-corrected chi connectivity index (χ3v) is 3.33. The molecule has 0 aliphatic rings. The second kappa shape index (κ2) is 2.87. The van der Waals surface area contributed by atoms with Crippen molar-refractivity contribution >= 4 is 27.3 Å². The number of nitrogens with zero attached hydrogens (tertiary/aromatic N) is 2. The monoisotopic (exact) mass is 218 g/mol. The maximum absolute atomic E-state index is 11.7. The first kappa shape index (κ1) is 8.55. The number of fused-ring (bicyclic) bond motifs is 3. The quantitative estimate of drug-likeness (QED) is 0.573. The van der Waals surface area contributed by atoms with Crippen LogP contribution in [0, 0.1) is 6.92 Å². The Kier molecular flexibility index (Phi) is 1.63. The molecule has 5 heteroatoms. The summed E-state index contributed by atoms with van der Waals surface area (Å²) >= 11 is 1.51. The van der Waals surface area contributed by atoms with Gasteiger partial charge in [-0.1, -0.05) is 11.3 Å². The zero-order valence-corrected chi connectivity index (χ0v) is 8.84. The number of hydrogen-bond donors (Lipinski definition) is 1. The summed E-state index contributed by atoms with van der Waals surface area (Å²) in [5.74, 6) is 0. The first-order valence-corrected chi connectivity index (χ1v) is 5.42. The maximum atomic E-state index is 11.7. The molecule has 0 spiro atoms. The zero-order valence-electron chi connectivity index (χ0n) is 8.02. The van der Waals surface area contributed by atoms with E-state index in [9.17, 15) is 4.79 Å². The molecule has 3 aromatic rings. The van der Waals surface area contributed by atoms with Gasteiger partial charge in [0.05, 0.1) is 5.69 Å². The van der Waals surface area contributed by atoms with E-state index in [1.807, 2.05) is 16.7 Å². The van der Waals surface area contributed by atoms with Crippen molar-refractivity contribution in [1.29, 1.82) is 0 Å². The maximum Gasteiger partial charge on any atom is 0.319 e. The molecule has 0 saturated carbocycles. The van der Waals surface area contributed by atoms with Crippen LogP contribution in [0.5, 0.6) is 0 Å². The predicted molar refractivity (Wildman–Crippen MR) is 58.1 cm³/mol. The summed E-state index contributed by atoms with van der Waals surface area (Å²) in [5.41, 5.74) is 1.71. The number of rotatable bonds is 0. The SMILES string of the molecule is Cc1csc2[nH]c(=O)c3cccnc3[n+]12. The molecule has 0 aromatic carbocycles. The van der Waals surface area contributed by atoms with Crippen molar-refractivity contribution in [2.45, 2.75) is 6.92 Å². The highest BCUT2D eigenvalue weighted by Gasteiger charge is 2.14. The summed E-state index contributed by atoms with van der Waals surface area (Å²) in [5, 5.41) is 2.62. The average molecular weight is 218 g/mol. The van der Waals surface area contributed by atoms with Gasteiger partial charge in [-0.05, 0) is 19.1 Å². The van der Waals surface area contributed by atoms with Gasteiger partial charge in [-0.25, -0.2) is 4.98 Å². The summed E-state index contributed by atoms with van der Waals surface area (Å²) in [6.45, 7) is 2.00. The molecule has 0 aliphatic heterocycles. The summed E-state index contributed by atoms with van der Waals surface area (Å²) < 4.78 is 1.96. The van der Waals surface area contributed by atoms with Crippen LogP contribution in [0.2, 0.25) is 0 Å². The molecule has 0 atom stereocenters. The third-order valence-electron chi connectivity index (χ3n) is 2.36. The van der Waals surface area contributed by atoms with Crippen molar-refractivity contribution in [3.8, 4) is 0 Å². The van der Waals surface area contributed by atoms with E-state index in [-0.39, 0.29) is 5.56 Å². The van der Waals surface area contributed by atoms with Gasteiger partial charge in [0, 0.05) is 5.38 Å². The molecule has 0 bridgehead atoms. The zero-order chi connectivity index (χ0) is 10.4. The van der Waals surface area contributed by atoms with E-state index in [0.717, 1.165) is 16.3 Å². The first-order valence-electron chi connectivity index (χ1n) is 4.54. The summed E-state index contributed by atoms with van der Waals surface area (Å²) in [7, 11) is 0. The van der Waals surface area contributed by atoms with Crippen molar-refractivity contribution < 1.29 is 4.40 Å². The van der Waals surface area contributed by atoms with E-state index < -0.39 is 0 Å². The number of aryl methyl sites for hydroxylation is 1. The number of hydrogen-bond acceptors (Lipinski definition) is 3. The molecule has 0 unspecified atom stereocenters. The van der Waals surface area contributed by atoms with Crippen LogP contribution in [0.15, 0.2) is 28.5 Å². The molecule has 0 saturated heterocycles. The van der Waals surface area contributed by atoms with E-state index in [1.165, 1.54) is 11.3 Å². The topological polar surface area (TPSA) is 49.9 Å². The van der Waals surface area contributed by atoms with Gasteiger partial charge in [0.2, 0.25) is 0 Å². The molecule has 0 radical (unpaired) electrons. The fourth-order valence-corrected chi connectivity index (χ4v) is 2.55. The van der Waals surface area contributed by atoms with Crippen molar-refractivity contribution in [2.24, 2.45) is 0 Å². The van der Waals surface area contributed by atoms with E-state index in [0.29, 0.717) is 5.39 Å². The van der Waals surface area contributed by atoms with Gasteiger partial charge in [-0.15, -0.1) is 4.98 Å². The Morgan fingerprint density at radius 1 is 1.53 bits per heavy atom. The van der Waals surface area contributed by atoms with Crippen molar-refractivity contribution in [3.63, 3.8) is 0 Å². The van der Waals surface area contributed by atoms with Gasteiger partial charge in [0.15, 0.2) is 0 Å². The highest BCUT2D eigenvalue weighted by Crippen LogP contribution is 2.08. The fraction of sp³-hybridized carbons (Fsp3) is 0.100. The number of thiazole rings is 1. The summed E-state index contributed by atoms with van der Waals surface area (Å²) in [6.07, 6.45) is 1.70. The Bertz CT molecular complexity index is 713. The number of H-pyrrole nitrogens is 1. The largest absolute Gasteiger partial charge is 0.319 e. The van der Waals surface area contributed by atoms with Crippen LogP contribution in [-0.2, 0) is 0 Å². The van der Waals surface area contributed by atoms with E-state index in [4.69, 9.17) is 0 Å². The lowest BCUT2D eigenvalue weighted by Crippen LogP contribution is -2.29. The average Bonchev–Trinajstić information content (AvgIpc) is 2.61. The molecule has 4 nitrogen and oxygen atoms in total. The minimum Gasteiger partial charge on any atom is -0.250 e. The molecule has 0 amide bonds. The number of aromatic amines is 1. The smallest absolute Gasteiger partial charge is 0.250 e. The van der Waals surface area contributed by atoms with Crippen LogP contribution >= 0.6 is 11.3 Å². The normalized spacial score (nSPS) is 11.3. The Balaban J connectivity index is 2.74. The third kappa shape index (κ3) is 1.10. The Labute approximate surface area is 88.8 Å². The van der Waals surface area contributed by atoms with Gasteiger partial charge >= 0.3 is 5.56 Å². The van der Waals surface area contributed by atoms with Gasteiger partial charge in [-0.3, -0.25) is 4.79 Å². The predicted octanol–water partition coefficient (Wildman–Crippen LogP) is 1.03. The van der Waals surface area contributed by atoms with Crippen molar-refractivity contribution in [2.75, 3.05) is 0 Å². The number of pyridine rings is 1. The number of aromatic nitrogens is 3. The minimum atomic E-state index is -0.0834.